The van der Waals surface area contributed by atoms with Crippen LogP contribution in [0, 0.1) is 13.8 Å². The second-order valence-corrected chi connectivity index (χ2v) is 19.1. The van der Waals surface area contributed by atoms with E-state index in [0.717, 1.165) is 50.1 Å². The van der Waals surface area contributed by atoms with Gasteiger partial charge in [0.05, 0.1) is 0 Å². The van der Waals surface area contributed by atoms with E-state index in [1.165, 1.54) is 36.8 Å². The van der Waals surface area contributed by atoms with E-state index >= 15 is 0 Å². The molecule has 1 aliphatic rings. The number of carboxylic acids is 3. The molecule has 1 aliphatic carbocycles. The van der Waals surface area contributed by atoms with Gasteiger partial charge >= 0.3 is 17.9 Å². The summed E-state index contributed by atoms with van der Waals surface area (Å²) in [6.45, 7) is 4.49. The number of fused-ring (bicyclic) bond motifs is 1. The Bertz CT molecular complexity index is 2790. The number of benzene rings is 9. The van der Waals surface area contributed by atoms with Gasteiger partial charge in [0.2, 0.25) is 0 Å². The fourth-order valence-corrected chi connectivity index (χ4v) is 11.1. The smallest absolute Gasteiger partial charge is 0.323 e. The molecule has 3 N–H and O–H groups in total. The molecule has 0 amide bonds. The Labute approximate surface area is 473 Å². The van der Waals surface area contributed by atoms with Gasteiger partial charge in [0.1, 0.15) is 16.2 Å². The molecule has 0 aliphatic heterocycles. The fourth-order valence-electron chi connectivity index (χ4n) is 11.1. The van der Waals surface area contributed by atoms with Gasteiger partial charge in [0.25, 0.3) is 0 Å². The SMILES string of the molecule is Cc1c[c-](C)c2c1CCCC2.O=C(O)C(c1ccccc1)(c1ccccc1)c1ccccc1.O=C(O)C(c1ccccc1)(c1ccccc1)c1ccccc1.O=C(O)C(c1ccccc1)(c1ccccc1)c1ccccc1.[Ti]. The molecular weight excluding hydrogens is 997 g/mol. The van der Waals surface area contributed by atoms with Crippen LogP contribution in [0.2, 0.25) is 0 Å². The summed E-state index contributed by atoms with van der Waals surface area (Å²) in [6.07, 6.45) is 5.46. The Kier molecular flexibility index (Phi) is 19.8. The van der Waals surface area contributed by atoms with E-state index < -0.39 is 34.2 Å². The van der Waals surface area contributed by atoms with Crippen LogP contribution in [0.25, 0.3) is 0 Å². The molecule has 0 fully saturated rings. The van der Waals surface area contributed by atoms with Crippen LogP contribution in [-0.4, -0.2) is 33.2 Å². The minimum atomic E-state index is -1.20. The van der Waals surface area contributed by atoms with Gasteiger partial charge in [-0.15, -0.1) is 0 Å². The van der Waals surface area contributed by atoms with Crippen LogP contribution in [0.3, 0.4) is 0 Å². The zero-order chi connectivity index (χ0) is 54.1. The monoisotopic (exact) mass is 1060 g/mol. The van der Waals surface area contributed by atoms with Crippen molar-refractivity contribution < 1.29 is 51.4 Å². The molecule has 0 spiro atoms. The number of aliphatic carboxylic acids is 3. The van der Waals surface area contributed by atoms with Crippen LogP contribution in [-0.2, 0) is 65.2 Å². The van der Waals surface area contributed by atoms with Crippen LogP contribution < -0.4 is 0 Å². The van der Waals surface area contributed by atoms with E-state index in [2.05, 4.69) is 19.9 Å². The van der Waals surface area contributed by atoms with Crippen molar-refractivity contribution in [3.8, 4) is 0 Å². The zero-order valence-electron chi connectivity index (χ0n) is 44.0. The van der Waals surface area contributed by atoms with Crippen LogP contribution in [0.1, 0.15) is 85.2 Å². The van der Waals surface area contributed by atoms with Crippen LogP contribution in [0.15, 0.2) is 279 Å². The maximum Gasteiger partial charge on any atom is 0.323 e. The van der Waals surface area contributed by atoms with Crippen molar-refractivity contribution >= 4 is 17.9 Å². The topological polar surface area (TPSA) is 112 Å². The minimum absolute atomic E-state index is 0. The van der Waals surface area contributed by atoms with Gasteiger partial charge in [0.15, 0.2) is 0 Å². The van der Waals surface area contributed by atoms with Gasteiger partial charge in [0, 0.05) is 21.7 Å². The number of hydrogen-bond donors (Lipinski definition) is 3. The molecule has 6 nitrogen and oxygen atoms in total. The Morgan fingerprint density at radius 1 is 0.333 bits per heavy atom. The van der Waals surface area contributed by atoms with Crippen LogP contribution in [0.4, 0.5) is 0 Å². The van der Waals surface area contributed by atoms with E-state index in [1.54, 1.807) is 11.1 Å². The first kappa shape index (κ1) is 57.2. The van der Waals surface area contributed by atoms with E-state index in [9.17, 15) is 29.7 Å². The molecule has 78 heavy (non-hydrogen) atoms. The van der Waals surface area contributed by atoms with E-state index in [0.29, 0.717) is 0 Å². The van der Waals surface area contributed by atoms with Crippen molar-refractivity contribution in [2.24, 2.45) is 0 Å². The first-order chi connectivity index (χ1) is 37.6. The first-order valence-electron chi connectivity index (χ1n) is 26.0. The van der Waals surface area contributed by atoms with E-state index in [-0.39, 0.29) is 21.7 Å². The second-order valence-electron chi connectivity index (χ2n) is 19.1. The molecule has 388 valence electrons. The summed E-state index contributed by atoms with van der Waals surface area (Å²) < 4.78 is 0. The van der Waals surface area contributed by atoms with Gasteiger partial charge in [-0.25, -0.2) is 0 Å². The average molecular weight is 1060 g/mol. The molecule has 0 radical (unpaired) electrons. The molecular formula is C71H63O6Ti-. The van der Waals surface area contributed by atoms with Crippen molar-refractivity contribution in [2.75, 3.05) is 0 Å². The number of carboxylic acid groups (broad SMARTS) is 3. The molecule has 0 atom stereocenters. The van der Waals surface area contributed by atoms with E-state index in [4.69, 9.17) is 0 Å². The summed E-state index contributed by atoms with van der Waals surface area (Å²) in [5.41, 5.74) is 9.51. The molecule has 0 unspecified atom stereocenters. The maximum absolute atomic E-state index is 12.4. The van der Waals surface area contributed by atoms with Crippen molar-refractivity contribution in [3.05, 3.63) is 351 Å². The summed E-state index contributed by atoms with van der Waals surface area (Å²) in [5.74, 6) is -2.64. The molecule has 7 heteroatoms. The largest absolute Gasteiger partial charge is 0.480 e. The molecule has 10 aromatic carbocycles. The average Bonchev–Trinajstić information content (AvgIpc) is 3.82. The van der Waals surface area contributed by atoms with Gasteiger partial charge in [-0.2, -0.15) is 28.3 Å². The van der Waals surface area contributed by atoms with Gasteiger partial charge in [-0.1, -0.05) is 313 Å². The number of hydrogen-bond acceptors (Lipinski definition) is 3. The fraction of sp³-hybridized carbons (Fsp3) is 0.127. The number of rotatable bonds is 12. The van der Waals surface area contributed by atoms with Crippen LogP contribution >= 0.6 is 0 Å². The Hall–Kier alpha value is -8.55. The van der Waals surface area contributed by atoms with Crippen molar-refractivity contribution in [1.82, 2.24) is 0 Å². The molecule has 11 rings (SSSR count). The number of aryl methyl sites for hydroxylation is 2. The third kappa shape index (κ3) is 11.9. The quantitative estimate of drug-likeness (QED) is 0.0638. The Morgan fingerprint density at radius 3 is 0.679 bits per heavy atom. The summed E-state index contributed by atoms with van der Waals surface area (Å²) >= 11 is 0. The second kappa shape index (κ2) is 27.0. The van der Waals surface area contributed by atoms with Crippen LogP contribution in [0.5, 0.6) is 0 Å². The summed E-state index contributed by atoms with van der Waals surface area (Å²) in [4.78, 5) is 37.3. The Morgan fingerprint density at radius 2 is 0.513 bits per heavy atom. The summed E-state index contributed by atoms with van der Waals surface area (Å²) in [6, 6.07) is 86.8. The molecule has 0 aromatic heterocycles. The molecule has 0 saturated carbocycles. The van der Waals surface area contributed by atoms with E-state index in [1.807, 2.05) is 273 Å². The molecule has 0 saturated heterocycles. The third-order valence-corrected chi connectivity index (χ3v) is 14.7. The molecule has 10 aromatic rings. The Balaban J connectivity index is 0.000000154. The van der Waals surface area contributed by atoms with Gasteiger partial charge < -0.3 is 15.3 Å². The van der Waals surface area contributed by atoms with Crippen molar-refractivity contribution in [3.63, 3.8) is 0 Å². The van der Waals surface area contributed by atoms with Crippen molar-refractivity contribution in [2.45, 2.75) is 55.8 Å². The minimum Gasteiger partial charge on any atom is -0.480 e. The van der Waals surface area contributed by atoms with Crippen molar-refractivity contribution in [1.29, 1.82) is 0 Å². The zero-order valence-corrected chi connectivity index (χ0v) is 45.5. The standard InChI is InChI=1S/3C20H16O2.C11H15.Ti/c3*21-19(22)20(16-10-4-1-5-11-16,17-12-6-2-7-13-17)18-14-8-3-9-15-18;1-8-7-9(2)11-6-4-3-5-10(8)11;/h3*1-15H,(H,21,22);7H,3-6H2,1-2H3;/q;;;-1;. The maximum atomic E-state index is 12.4. The normalized spacial score (nSPS) is 11.7. The van der Waals surface area contributed by atoms with Gasteiger partial charge in [-0.3, -0.25) is 14.4 Å². The molecule has 0 heterocycles. The predicted octanol–water partition coefficient (Wildman–Crippen LogP) is 15.2. The number of carbonyl (C=O) groups is 3. The summed E-state index contributed by atoms with van der Waals surface area (Å²) in [7, 11) is 0. The van der Waals surface area contributed by atoms with Gasteiger partial charge in [-0.05, 0) is 50.1 Å². The summed E-state index contributed by atoms with van der Waals surface area (Å²) in [5, 5.41) is 30.6. The first-order valence-corrected chi connectivity index (χ1v) is 26.0. The third-order valence-electron chi connectivity index (χ3n) is 14.7. The predicted molar refractivity (Wildman–Crippen MR) is 309 cm³/mol. The molecule has 0 bridgehead atoms.